The SMILES string of the molecule is COc1ccc(C2c3ccc(O)cc3OCC2c2ccc(O)cc2)cc1.COc1ccc(C2c3ccc(O)cc3OCC2c2ccc(O)cc2)cc1C.Cc1cc(C2c3ccc(O)cc3OCC2c2ccc(O)cc2)ccc1O.Oc1ccc(C2COc3cc(O)ccc3C2c2ccc(O)cc2)cc1. The van der Waals surface area contributed by atoms with E-state index in [-0.39, 0.29) is 105 Å². The van der Waals surface area contributed by atoms with Gasteiger partial charge in [0.2, 0.25) is 0 Å². The molecular weight excluding hydrogens is 1310 g/mol. The summed E-state index contributed by atoms with van der Waals surface area (Å²) in [6, 6.07) is 77.0. The standard InChI is InChI=1S/C23H22O4.2C22H20O4.C21H18O4/c1-14-11-16(5-10-21(14)26-2)23-19-9-8-18(25)12-22(19)27-13-20(23)15-3-6-17(24)7-4-15;1-25-18-9-4-15(5-10-18)22-19-11-8-17(24)12-21(19)26-13-20(22)14-2-6-16(23)7-3-14;1-13-10-15(4-9-20(13)25)22-18-8-7-17(24)11-21(18)26-12-19(22)14-2-5-16(23)6-3-14;22-15-5-1-13(2-6-15)19-12-25-20-11-17(24)9-10-18(20)21(19)14-3-7-16(23)8-4-14/h3-12,20,23-25H,13H2,1-2H3;2-12,20,22-24H,13H2,1H3;2-11,19,22-25H,12H2,1H3;1-11,19,21-24H,12H2. The number of phenols is 10. The Morgan fingerprint density at radius 1 is 0.250 bits per heavy atom. The third-order valence-electron chi connectivity index (χ3n) is 20.0. The number of phenolic OH excluding ortho intramolecular Hbond substituents is 10. The Morgan fingerprint density at radius 3 is 0.779 bits per heavy atom. The molecule has 0 aliphatic carbocycles. The Labute approximate surface area is 603 Å². The van der Waals surface area contributed by atoms with E-state index in [1.165, 1.54) is 5.56 Å². The highest BCUT2D eigenvalue weighted by Crippen LogP contribution is 2.52. The maximum Gasteiger partial charge on any atom is 0.126 e. The van der Waals surface area contributed by atoms with E-state index in [0.29, 0.717) is 49.4 Å². The Hall–Kier alpha value is -12.6. The Bertz CT molecular complexity index is 4950. The van der Waals surface area contributed by atoms with Crippen LogP contribution in [-0.2, 0) is 0 Å². The number of fused-ring (bicyclic) bond motifs is 4. The third kappa shape index (κ3) is 15.4. The molecule has 10 N–H and O–H groups in total. The topological polar surface area (TPSA) is 258 Å². The summed E-state index contributed by atoms with van der Waals surface area (Å²) in [5.74, 6) is 7.12. The average molecular weight is 1390 g/mol. The predicted octanol–water partition coefficient (Wildman–Crippen LogP) is 17.7. The second-order valence-electron chi connectivity index (χ2n) is 26.5. The monoisotopic (exact) mass is 1390 g/mol. The van der Waals surface area contributed by atoms with Gasteiger partial charge in [-0.15, -0.1) is 0 Å². The van der Waals surface area contributed by atoms with Gasteiger partial charge in [0.25, 0.3) is 0 Å². The fourth-order valence-electron chi connectivity index (χ4n) is 14.7. The minimum absolute atomic E-state index is 0.0168. The van der Waals surface area contributed by atoms with E-state index >= 15 is 0 Å². The van der Waals surface area contributed by atoms with Gasteiger partial charge in [-0.2, -0.15) is 0 Å². The number of rotatable bonds is 10. The van der Waals surface area contributed by atoms with Crippen LogP contribution in [0, 0.1) is 13.8 Å². The van der Waals surface area contributed by atoms with Gasteiger partial charge < -0.3 is 79.5 Å². The second kappa shape index (κ2) is 30.7. The number of ether oxygens (including phenoxy) is 6. The fraction of sp³-hybridized carbons (Fsp3) is 0.182. The van der Waals surface area contributed by atoms with Crippen molar-refractivity contribution in [1.29, 1.82) is 0 Å². The molecular formula is C88H80O16. The summed E-state index contributed by atoms with van der Waals surface area (Å²) in [6.45, 7) is 5.84. The van der Waals surface area contributed by atoms with Crippen molar-refractivity contribution in [3.63, 3.8) is 0 Å². The molecule has 0 fully saturated rings. The lowest BCUT2D eigenvalue weighted by atomic mass is 9.75. The maximum absolute atomic E-state index is 9.90. The Morgan fingerprint density at radius 2 is 0.500 bits per heavy atom. The van der Waals surface area contributed by atoms with Gasteiger partial charge in [-0.05, 0) is 179 Å². The quantitative estimate of drug-likeness (QED) is 0.0611. The highest BCUT2D eigenvalue weighted by molar-refractivity contribution is 5.57. The third-order valence-corrected chi connectivity index (χ3v) is 20.0. The molecule has 16 heteroatoms. The van der Waals surface area contributed by atoms with Crippen molar-refractivity contribution in [2.45, 2.75) is 61.2 Å². The van der Waals surface area contributed by atoms with Crippen LogP contribution in [0.1, 0.15) is 125 Å². The summed E-state index contributed by atoms with van der Waals surface area (Å²) < 4.78 is 34.5. The summed E-state index contributed by atoms with van der Waals surface area (Å²) >= 11 is 0. The summed E-state index contributed by atoms with van der Waals surface area (Å²) in [5.41, 5.74) is 14.8. The first-order chi connectivity index (χ1) is 50.4. The van der Waals surface area contributed by atoms with Crippen molar-refractivity contribution in [2.24, 2.45) is 0 Å². The number of aryl methyl sites for hydroxylation is 2. The minimum atomic E-state index is 0.0168. The zero-order chi connectivity index (χ0) is 72.7. The number of benzene rings is 12. The molecule has 12 aromatic rings. The highest BCUT2D eigenvalue weighted by atomic mass is 16.5. The molecule has 0 spiro atoms. The van der Waals surface area contributed by atoms with Crippen molar-refractivity contribution in [1.82, 2.24) is 0 Å². The molecule has 4 aliphatic rings. The van der Waals surface area contributed by atoms with E-state index in [2.05, 4.69) is 24.3 Å². The van der Waals surface area contributed by atoms with Crippen molar-refractivity contribution in [3.8, 4) is 92.0 Å². The van der Waals surface area contributed by atoms with Gasteiger partial charge >= 0.3 is 0 Å². The zero-order valence-corrected chi connectivity index (χ0v) is 57.6. The molecule has 16 nitrogen and oxygen atoms in total. The first-order valence-corrected chi connectivity index (χ1v) is 34.2. The van der Waals surface area contributed by atoms with Crippen LogP contribution in [0.15, 0.2) is 255 Å². The summed E-state index contributed by atoms with van der Waals surface area (Å²) in [6.07, 6.45) is 0. The largest absolute Gasteiger partial charge is 0.508 e. The molecule has 8 unspecified atom stereocenters. The van der Waals surface area contributed by atoms with Crippen LogP contribution in [0.25, 0.3) is 0 Å². The van der Waals surface area contributed by atoms with Crippen molar-refractivity contribution in [3.05, 3.63) is 333 Å². The van der Waals surface area contributed by atoms with Gasteiger partial charge in [0.15, 0.2) is 0 Å². The number of hydrogen-bond donors (Lipinski definition) is 10. The Kier molecular flexibility index (Phi) is 20.7. The van der Waals surface area contributed by atoms with Crippen molar-refractivity contribution < 1.29 is 79.5 Å². The highest BCUT2D eigenvalue weighted by Gasteiger charge is 2.38. The Balaban J connectivity index is 0.000000123. The van der Waals surface area contributed by atoms with Gasteiger partial charge in [0, 0.05) is 93.9 Å². The fourth-order valence-corrected chi connectivity index (χ4v) is 14.7. The lowest BCUT2D eigenvalue weighted by Gasteiger charge is -2.34. The molecule has 0 amide bonds. The van der Waals surface area contributed by atoms with Crippen molar-refractivity contribution in [2.75, 3.05) is 40.6 Å². The molecule has 0 saturated carbocycles. The molecule has 12 aromatic carbocycles. The predicted molar refractivity (Wildman–Crippen MR) is 397 cm³/mol. The van der Waals surface area contributed by atoms with Crippen LogP contribution >= 0.6 is 0 Å². The van der Waals surface area contributed by atoms with Crippen LogP contribution in [0.3, 0.4) is 0 Å². The summed E-state index contributed by atoms with van der Waals surface area (Å²) in [5, 5.41) is 97.2. The molecule has 4 heterocycles. The van der Waals surface area contributed by atoms with E-state index in [9.17, 15) is 51.1 Å². The molecule has 0 aromatic heterocycles. The van der Waals surface area contributed by atoms with Crippen LogP contribution in [-0.4, -0.2) is 91.7 Å². The second-order valence-corrected chi connectivity index (χ2v) is 26.5. The molecule has 0 saturated heterocycles. The molecule has 528 valence electrons. The normalized spacial score (nSPS) is 18.7. The molecule has 0 radical (unpaired) electrons. The van der Waals surface area contributed by atoms with Gasteiger partial charge in [-0.25, -0.2) is 0 Å². The molecule has 16 rings (SSSR count). The van der Waals surface area contributed by atoms with Crippen LogP contribution in [0.5, 0.6) is 92.0 Å². The van der Waals surface area contributed by atoms with Crippen LogP contribution in [0.4, 0.5) is 0 Å². The van der Waals surface area contributed by atoms with Crippen LogP contribution < -0.4 is 28.4 Å². The maximum atomic E-state index is 9.90. The van der Waals surface area contributed by atoms with Gasteiger partial charge in [0.1, 0.15) is 92.0 Å². The first kappa shape index (κ1) is 69.9. The lowest BCUT2D eigenvalue weighted by molar-refractivity contribution is 0.247. The first-order valence-electron chi connectivity index (χ1n) is 34.2. The summed E-state index contributed by atoms with van der Waals surface area (Å²) in [7, 11) is 3.33. The molecule has 0 bridgehead atoms. The minimum Gasteiger partial charge on any atom is -0.508 e. The number of aromatic hydroxyl groups is 10. The number of hydrogen-bond acceptors (Lipinski definition) is 16. The lowest BCUT2D eigenvalue weighted by Crippen LogP contribution is -2.25. The van der Waals surface area contributed by atoms with Crippen LogP contribution in [0.2, 0.25) is 0 Å². The van der Waals surface area contributed by atoms with Gasteiger partial charge in [0.05, 0.1) is 40.6 Å². The van der Waals surface area contributed by atoms with E-state index in [1.54, 1.807) is 129 Å². The van der Waals surface area contributed by atoms with E-state index in [1.807, 2.05) is 129 Å². The van der Waals surface area contributed by atoms with Gasteiger partial charge in [-0.3, -0.25) is 0 Å². The molecule has 104 heavy (non-hydrogen) atoms. The van der Waals surface area contributed by atoms with Crippen molar-refractivity contribution >= 4 is 0 Å². The van der Waals surface area contributed by atoms with E-state index in [0.717, 1.165) is 83.8 Å². The molecule has 4 aliphatic heterocycles. The molecule has 8 atom stereocenters. The zero-order valence-electron chi connectivity index (χ0n) is 57.6. The van der Waals surface area contributed by atoms with E-state index in [4.69, 9.17) is 28.4 Å². The number of methoxy groups -OCH3 is 2. The smallest absolute Gasteiger partial charge is 0.126 e. The average Bonchev–Trinajstić information content (AvgIpc) is 0.767. The van der Waals surface area contributed by atoms with E-state index < -0.39 is 0 Å². The van der Waals surface area contributed by atoms with Gasteiger partial charge in [-0.1, -0.05) is 121 Å². The summed E-state index contributed by atoms with van der Waals surface area (Å²) in [4.78, 5) is 0.